The van der Waals surface area contributed by atoms with Crippen LogP contribution in [0.3, 0.4) is 0 Å². The molecule has 1 aromatic heterocycles. The topological polar surface area (TPSA) is 157 Å². The molecule has 0 saturated heterocycles. The number of rotatable bonds is 7. The summed E-state index contributed by atoms with van der Waals surface area (Å²) in [6, 6.07) is 11.4. The lowest BCUT2D eigenvalue weighted by Crippen LogP contribution is -2.43. The van der Waals surface area contributed by atoms with Crippen LogP contribution in [0.1, 0.15) is 41.5 Å². The molecule has 1 aliphatic heterocycles. The first-order valence-corrected chi connectivity index (χ1v) is 11.4. The van der Waals surface area contributed by atoms with E-state index in [9.17, 15) is 24.4 Å². The van der Waals surface area contributed by atoms with Crippen LogP contribution in [0.15, 0.2) is 42.5 Å². The number of carboxylic acid groups (broad SMARTS) is 1. The number of aliphatic carboxylic acids is 1. The van der Waals surface area contributed by atoms with Crippen LogP contribution in [0.4, 0.5) is 5.00 Å². The first kappa shape index (κ1) is 24.6. The van der Waals surface area contributed by atoms with Gasteiger partial charge in [-0.2, -0.15) is 5.26 Å². The van der Waals surface area contributed by atoms with Crippen molar-refractivity contribution in [1.82, 2.24) is 5.32 Å². The van der Waals surface area contributed by atoms with Gasteiger partial charge in [-0.3, -0.25) is 14.4 Å². The number of nitriles is 1. The lowest BCUT2D eigenvalue weighted by Gasteiger charge is -2.12. The molecule has 4 rings (SSSR count). The maximum absolute atomic E-state index is 13.3. The number of aliphatic hydroxyl groups is 1. The number of aliphatic hydroxyl groups excluding tert-OH is 1. The van der Waals surface area contributed by atoms with Crippen molar-refractivity contribution in [3.05, 3.63) is 69.6 Å². The van der Waals surface area contributed by atoms with Gasteiger partial charge in [-0.1, -0.05) is 12.1 Å². The molecule has 0 bridgehead atoms. The number of benzene rings is 2. The molecule has 1 unspecified atom stereocenters. The maximum Gasteiger partial charge on any atom is 0.328 e. The summed E-state index contributed by atoms with van der Waals surface area (Å²) in [4.78, 5) is 51.7. The molecule has 2 aromatic carbocycles. The molecule has 0 fully saturated rings. The third-order valence-corrected chi connectivity index (χ3v) is 6.78. The SMILES string of the molecule is COc1ccc(-c2c(C)sc(N3C(=O)c4ccc(C(=O)NC(CO)C(=O)O)cc4C3=O)c2C#N)cc1. The molecule has 3 aromatic rings. The number of fused-ring (bicyclic) bond motifs is 1. The zero-order valence-corrected chi connectivity index (χ0v) is 19.9. The Morgan fingerprint density at radius 2 is 1.81 bits per heavy atom. The van der Waals surface area contributed by atoms with Crippen LogP contribution in [-0.2, 0) is 4.79 Å². The average molecular weight is 506 g/mol. The molecule has 11 heteroatoms. The number of ether oxygens (including phenoxy) is 1. The lowest BCUT2D eigenvalue weighted by molar-refractivity contribution is -0.140. The van der Waals surface area contributed by atoms with E-state index in [2.05, 4.69) is 11.4 Å². The summed E-state index contributed by atoms with van der Waals surface area (Å²) in [5.41, 5.74) is 1.43. The van der Waals surface area contributed by atoms with Gasteiger partial charge in [0.25, 0.3) is 17.7 Å². The normalized spacial score (nSPS) is 13.2. The predicted octanol–water partition coefficient (Wildman–Crippen LogP) is 2.58. The second kappa shape index (κ2) is 9.61. The minimum absolute atomic E-state index is 0.0504. The quantitative estimate of drug-likeness (QED) is 0.414. The number of nitrogens with zero attached hydrogens (tertiary/aromatic N) is 2. The van der Waals surface area contributed by atoms with Crippen LogP contribution in [0.2, 0.25) is 0 Å². The molecule has 182 valence electrons. The fourth-order valence-corrected chi connectivity index (χ4v) is 5.01. The van der Waals surface area contributed by atoms with Crippen molar-refractivity contribution >= 4 is 40.0 Å². The molecule has 0 spiro atoms. The van der Waals surface area contributed by atoms with E-state index in [0.29, 0.717) is 11.3 Å². The molecule has 0 aliphatic carbocycles. The molecule has 1 atom stereocenters. The Bertz CT molecular complexity index is 1450. The van der Waals surface area contributed by atoms with Gasteiger partial charge in [0, 0.05) is 16.0 Å². The maximum atomic E-state index is 13.3. The Labute approximate surface area is 209 Å². The summed E-state index contributed by atoms with van der Waals surface area (Å²) >= 11 is 1.13. The van der Waals surface area contributed by atoms with Crippen molar-refractivity contribution in [2.24, 2.45) is 0 Å². The summed E-state index contributed by atoms with van der Waals surface area (Å²) in [5.74, 6) is -2.96. The molecule has 0 saturated carbocycles. The Morgan fingerprint density at radius 1 is 1.14 bits per heavy atom. The van der Waals surface area contributed by atoms with E-state index in [1.165, 1.54) is 25.3 Å². The van der Waals surface area contributed by atoms with Crippen LogP contribution in [0.25, 0.3) is 11.1 Å². The zero-order valence-electron chi connectivity index (χ0n) is 19.1. The van der Waals surface area contributed by atoms with Gasteiger partial charge in [-0.25, -0.2) is 9.69 Å². The monoisotopic (exact) mass is 505 g/mol. The van der Waals surface area contributed by atoms with E-state index in [1.807, 2.05) is 0 Å². The van der Waals surface area contributed by atoms with Crippen molar-refractivity contribution in [3.8, 4) is 22.9 Å². The molecular formula is C25H19N3O7S. The fourth-order valence-electron chi connectivity index (χ4n) is 3.89. The van der Waals surface area contributed by atoms with E-state index in [-0.39, 0.29) is 27.3 Å². The molecule has 10 nitrogen and oxygen atoms in total. The van der Waals surface area contributed by atoms with Gasteiger partial charge in [0.05, 0.1) is 30.4 Å². The van der Waals surface area contributed by atoms with Crippen LogP contribution in [-0.4, -0.2) is 53.7 Å². The summed E-state index contributed by atoms with van der Waals surface area (Å²) in [6.07, 6.45) is 0. The highest BCUT2D eigenvalue weighted by Gasteiger charge is 2.40. The number of carbonyl (C=O) groups excluding carboxylic acids is 3. The minimum atomic E-state index is -1.52. The molecule has 2 heterocycles. The number of carbonyl (C=O) groups is 4. The highest BCUT2D eigenvalue weighted by Crippen LogP contribution is 2.44. The van der Waals surface area contributed by atoms with Crippen molar-refractivity contribution in [2.45, 2.75) is 13.0 Å². The van der Waals surface area contributed by atoms with E-state index < -0.39 is 36.3 Å². The number of nitrogens with one attached hydrogen (secondary N) is 1. The second-order valence-corrected chi connectivity index (χ2v) is 9.01. The smallest absolute Gasteiger partial charge is 0.328 e. The highest BCUT2D eigenvalue weighted by atomic mass is 32.1. The van der Waals surface area contributed by atoms with E-state index in [4.69, 9.17) is 14.9 Å². The van der Waals surface area contributed by atoms with Gasteiger partial charge in [-0.15, -0.1) is 11.3 Å². The number of carboxylic acids is 1. The number of hydrogen-bond acceptors (Lipinski definition) is 8. The van der Waals surface area contributed by atoms with E-state index in [0.717, 1.165) is 26.7 Å². The molecule has 1 aliphatic rings. The van der Waals surface area contributed by atoms with E-state index in [1.54, 1.807) is 31.2 Å². The van der Waals surface area contributed by atoms with Crippen LogP contribution in [0.5, 0.6) is 5.75 Å². The fraction of sp³-hybridized carbons (Fsp3) is 0.160. The third kappa shape index (κ3) is 4.08. The number of methoxy groups -OCH3 is 1. The van der Waals surface area contributed by atoms with Gasteiger partial charge >= 0.3 is 5.97 Å². The first-order valence-electron chi connectivity index (χ1n) is 10.6. The molecule has 36 heavy (non-hydrogen) atoms. The van der Waals surface area contributed by atoms with Crippen molar-refractivity contribution < 1.29 is 34.1 Å². The Balaban J connectivity index is 1.71. The summed E-state index contributed by atoms with van der Waals surface area (Å²) < 4.78 is 5.18. The van der Waals surface area contributed by atoms with Gasteiger partial charge in [-0.05, 0) is 42.8 Å². The van der Waals surface area contributed by atoms with Crippen molar-refractivity contribution in [3.63, 3.8) is 0 Å². The van der Waals surface area contributed by atoms with Crippen LogP contribution < -0.4 is 15.0 Å². The van der Waals surface area contributed by atoms with Gasteiger partial charge in [0.15, 0.2) is 6.04 Å². The second-order valence-electron chi connectivity index (χ2n) is 7.81. The lowest BCUT2D eigenvalue weighted by atomic mass is 10.0. The van der Waals surface area contributed by atoms with Gasteiger partial charge in [0.1, 0.15) is 16.8 Å². The van der Waals surface area contributed by atoms with Crippen molar-refractivity contribution in [1.29, 1.82) is 5.26 Å². The molecular weight excluding hydrogens is 486 g/mol. The van der Waals surface area contributed by atoms with Gasteiger partial charge in [0.2, 0.25) is 0 Å². The average Bonchev–Trinajstić information content (AvgIpc) is 3.33. The molecule has 0 radical (unpaired) electrons. The van der Waals surface area contributed by atoms with Gasteiger partial charge < -0.3 is 20.3 Å². The Kier molecular flexibility index (Phi) is 6.57. The number of thiophene rings is 1. The number of imide groups is 1. The van der Waals surface area contributed by atoms with Crippen LogP contribution in [0, 0.1) is 18.3 Å². The minimum Gasteiger partial charge on any atom is -0.497 e. The summed E-state index contributed by atoms with van der Waals surface area (Å²) in [6.45, 7) is 0.970. The molecule has 3 N–H and O–H groups in total. The van der Waals surface area contributed by atoms with Crippen molar-refractivity contribution in [2.75, 3.05) is 18.6 Å². The summed E-state index contributed by atoms with van der Waals surface area (Å²) in [5, 5.41) is 30.4. The largest absolute Gasteiger partial charge is 0.497 e. The predicted molar refractivity (Wildman–Crippen MR) is 129 cm³/mol. The number of aryl methyl sites for hydroxylation is 1. The summed E-state index contributed by atoms with van der Waals surface area (Å²) in [7, 11) is 1.54. The van der Waals surface area contributed by atoms with E-state index >= 15 is 0 Å². The molecule has 3 amide bonds. The number of hydrogen-bond donors (Lipinski definition) is 3. The number of anilines is 1. The first-order chi connectivity index (χ1) is 17.2. The van der Waals surface area contributed by atoms with Crippen LogP contribution >= 0.6 is 11.3 Å². The Morgan fingerprint density at radius 3 is 2.39 bits per heavy atom. The standard InChI is InChI=1S/C25H19N3O7S/c1-12-20(13-3-6-15(35-2)7-4-13)18(10-26)24(36-12)28-22(31)16-8-5-14(9-17(16)23(28)32)21(30)27-19(11-29)25(33)34/h3-9,19,29H,11H2,1-2H3,(H,27,30)(H,33,34). The zero-order chi connectivity index (χ0) is 26.1. The highest BCUT2D eigenvalue weighted by molar-refractivity contribution is 7.17. The Hall–Kier alpha value is -4.53. The third-order valence-electron chi connectivity index (χ3n) is 5.69. The number of amides is 3.